The van der Waals surface area contributed by atoms with E-state index in [1.54, 1.807) is 0 Å². The van der Waals surface area contributed by atoms with Gasteiger partial charge in [-0.2, -0.15) is 0 Å². The van der Waals surface area contributed by atoms with Crippen LogP contribution < -0.4 is 4.90 Å². The van der Waals surface area contributed by atoms with E-state index in [0.29, 0.717) is 16.6 Å². The van der Waals surface area contributed by atoms with Crippen LogP contribution in [0, 0.1) is 0 Å². The molecule has 0 aliphatic carbocycles. The fraction of sp³-hybridized carbons (Fsp3) is 0.636. The van der Waals surface area contributed by atoms with Gasteiger partial charge in [-0.1, -0.05) is 47.6 Å². The van der Waals surface area contributed by atoms with E-state index in [1.807, 2.05) is 0 Å². The predicted molar refractivity (Wildman–Crippen MR) is 118 cm³/mol. The number of hydrogen-bond acceptors (Lipinski definition) is 2. The van der Waals surface area contributed by atoms with Crippen LogP contribution in [0.4, 0.5) is 5.69 Å². The first-order valence-electron chi connectivity index (χ1n) is 10.3. The van der Waals surface area contributed by atoms with Crippen molar-refractivity contribution < 1.29 is 0 Å². The number of aromatic nitrogens is 1. The lowest BCUT2D eigenvalue weighted by Crippen LogP contribution is -2.51. The zero-order valence-electron chi connectivity index (χ0n) is 17.8. The Morgan fingerprint density at radius 1 is 0.808 bits per heavy atom. The van der Waals surface area contributed by atoms with Gasteiger partial charge in [0.15, 0.2) is 8.24 Å². The lowest BCUT2D eigenvalue weighted by Gasteiger charge is -2.44. The lowest BCUT2D eigenvalue weighted by atomic mass is 10.2. The van der Waals surface area contributed by atoms with E-state index < -0.39 is 8.24 Å². The Balaban J connectivity index is 2.10. The second-order valence-corrected chi connectivity index (χ2v) is 14.8. The van der Waals surface area contributed by atoms with Crippen LogP contribution in [0.15, 0.2) is 30.5 Å². The average Bonchev–Trinajstić information content (AvgIpc) is 2.98. The lowest BCUT2D eigenvalue weighted by molar-refractivity contribution is 0.313. The maximum atomic E-state index is 2.74. The Labute approximate surface area is 161 Å². The van der Waals surface area contributed by atoms with E-state index in [2.05, 4.69) is 93.1 Å². The molecule has 0 unspecified atom stereocenters. The largest absolute Gasteiger partial charge is 0.373 e. The van der Waals surface area contributed by atoms with Gasteiger partial charge in [-0.25, -0.2) is 0 Å². The number of anilines is 1. The van der Waals surface area contributed by atoms with Crippen molar-refractivity contribution in [3.63, 3.8) is 0 Å². The van der Waals surface area contributed by atoms with Crippen molar-refractivity contribution in [2.75, 3.05) is 38.1 Å². The van der Waals surface area contributed by atoms with E-state index in [-0.39, 0.29) is 0 Å². The minimum atomic E-state index is -1.71. The number of nitrogens with zero attached hydrogens (tertiary/aromatic N) is 3. The quantitative estimate of drug-likeness (QED) is 0.650. The molecule has 0 bridgehead atoms. The Hall–Kier alpha value is -1.26. The van der Waals surface area contributed by atoms with Crippen molar-refractivity contribution in [1.82, 2.24) is 9.13 Å². The van der Waals surface area contributed by atoms with E-state index in [1.165, 1.54) is 16.6 Å². The molecule has 2 aromatic rings. The van der Waals surface area contributed by atoms with Crippen LogP contribution in [0.5, 0.6) is 0 Å². The summed E-state index contributed by atoms with van der Waals surface area (Å²) in [5.41, 5.74) is 4.98. The average molecular weight is 372 g/mol. The van der Waals surface area contributed by atoms with Crippen molar-refractivity contribution in [2.45, 2.75) is 58.2 Å². The molecule has 0 saturated carbocycles. The van der Waals surface area contributed by atoms with Gasteiger partial charge in [0.1, 0.15) is 0 Å². The summed E-state index contributed by atoms with van der Waals surface area (Å²) in [4.78, 5) is 4.98. The van der Waals surface area contributed by atoms with Crippen molar-refractivity contribution >= 4 is 24.8 Å². The van der Waals surface area contributed by atoms with Crippen LogP contribution in [-0.2, 0) is 0 Å². The molecule has 26 heavy (non-hydrogen) atoms. The minimum absolute atomic E-state index is 0.713. The third-order valence-electron chi connectivity index (χ3n) is 6.74. The molecular weight excluding hydrogens is 334 g/mol. The number of rotatable bonds is 5. The molecule has 0 amide bonds. The number of hydrogen-bond donors (Lipinski definition) is 0. The summed E-state index contributed by atoms with van der Waals surface area (Å²) in [6.45, 7) is 19.2. The number of fused-ring (bicyclic) bond motifs is 1. The van der Waals surface area contributed by atoms with Crippen LogP contribution in [0.25, 0.3) is 10.9 Å². The molecule has 0 atom stereocenters. The molecule has 4 heteroatoms. The summed E-state index contributed by atoms with van der Waals surface area (Å²) < 4.78 is 2.74. The Bertz CT molecular complexity index is 717. The first-order valence-corrected chi connectivity index (χ1v) is 12.5. The Kier molecular flexibility index (Phi) is 5.55. The zero-order chi connectivity index (χ0) is 19.1. The topological polar surface area (TPSA) is 11.4 Å². The van der Waals surface area contributed by atoms with Crippen molar-refractivity contribution in [3.8, 4) is 0 Å². The highest BCUT2D eigenvalue weighted by atomic mass is 28.3. The van der Waals surface area contributed by atoms with E-state index in [9.17, 15) is 0 Å². The summed E-state index contributed by atoms with van der Waals surface area (Å²) >= 11 is 0. The van der Waals surface area contributed by atoms with Gasteiger partial charge in [-0.3, -0.25) is 0 Å². The molecule has 0 radical (unpaired) electrons. The van der Waals surface area contributed by atoms with E-state index >= 15 is 0 Å². The van der Waals surface area contributed by atoms with E-state index in [0.717, 1.165) is 26.2 Å². The van der Waals surface area contributed by atoms with Gasteiger partial charge in [-0.05, 0) is 53.5 Å². The second-order valence-electron chi connectivity index (χ2n) is 9.07. The van der Waals surface area contributed by atoms with Crippen molar-refractivity contribution in [3.05, 3.63) is 30.5 Å². The predicted octanol–water partition coefficient (Wildman–Crippen LogP) is 5.42. The van der Waals surface area contributed by atoms with Gasteiger partial charge in [0.25, 0.3) is 0 Å². The molecule has 1 aliphatic heterocycles. The minimum Gasteiger partial charge on any atom is -0.373 e. The highest BCUT2D eigenvalue weighted by Crippen LogP contribution is 2.44. The summed E-state index contributed by atoms with van der Waals surface area (Å²) in [5.74, 6) is 0. The third-order valence-corrected chi connectivity index (χ3v) is 13.5. The zero-order valence-corrected chi connectivity index (χ0v) is 18.8. The van der Waals surface area contributed by atoms with Gasteiger partial charge >= 0.3 is 0 Å². The summed E-state index contributed by atoms with van der Waals surface area (Å²) in [7, 11) is 0.512. The van der Waals surface area contributed by atoms with E-state index in [4.69, 9.17) is 0 Å². The molecule has 0 spiro atoms. The van der Waals surface area contributed by atoms with Crippen LogP contribution in [0.2, 0.25) is 16.6 Å². The van der Waals surface area contributed by atoms with Crippen LogP contribution in [-0.4, -0.2) is 50.6 Å². The smallest absolute Gasteiger partial charge is 0.169 e. The highest BCUT2D eigenvalue weighted by Gasteiger charge is 2.45. The molecule has 1 fully saturated rings. The summed E-state index contributed by atoms with van der Waals surface area (Å²) in [5, 5.41) is 1.39. The first kappa shape index (κ1) is 19.5. The molecule has 144 valence electrons. The highest BCUT2D eigenvalue weighted by molar-refractivity contribution is 6.82. The van der Waals surface area contributed by atoms with Crippen molar-refractivity contribution in [2.24, 2.45) is 0 Å². The molecule has 3 nitrogen and oxygen atoms in total. The van der Waals surface area contributed by atoms with Gasteiger partial charge in [0.2, 0.25) is 0 Å². The first-order chi connectivity index (χ1) is 12.3. The monoisotopic (exact) mass is 371 g/mol. The second kappa shape index (κ2) is 7.39. The molecule has 0 N–H and O–H groups in total. The fourth-order valence-electron chi connectivity index (χ4n) is 5.55. The van der Waals surface area contributed by atoms with Gasteiger partial charge in [-0.15, -0.1) is 0 Å². The molecule has 3 rings (SSSR count). The Morgan fingerprint density at radius 3 is 1.92 bits per heavy atom. The number of likely N-dealkylation sites (N-methyl/N-ethyl adjacent to an activating group) is 1. The molecular formula is C22H37N3Si. The van der Waals surface area contributed by atoms with Crippen LogP contribution >= 0.6 is 0 Å². The molecule has 2 heterocycles. The van der Waals surface area contributed by atoms with Crippen LogP contribution in [0.3, 0.4) is 0 Å². The normalized spacial score (nSPS) is 17.2. The van der Waals surface area contributed by atoms with Gasteiger partial charge in [0.05, 0.1) is 0 Å². The standard InChI is InChI=1S/C22H37N3Si/c1-17(2)26(18(3)4,19(5)6)25-11-10-20-8-9-21(16-22(20)25)24-14-12-23(7)13-15-24/h8-11,16-19H,12-15H2,1-7H3. The summed E-state index contributed by atoms with van der Waals surface area (Å²) in [6, 6.07) is 9.45. The maximum Gasteiger partial charge on any atom is 0.169 e. The van der Waals surface area contributed by atoms with Gasteiger partial charge in [0, 0.05) is 37.4 Å². The number of piperazine rings is 1. The molecule has 1 aliphatic rings. The molecule has 1 aromatic carbocycles. The third kappa shape index (κ3) is 3.11. The fourth-order valence-corrected chi connectivity index (χ4v) is 12.2. The van der Waals surface area contributed by atoms with Crippen LogP contribution in [0.1, 0.15) is 41.5 Å². The van der Waals surface area contributed by atoms with Crippen molar-refractivity contribution in [1.29, 1.82) is 0 Å². The molecule has 1 saturated heterocycles. The maximum absolute atomic E-state index is 2.74. The number of benzene rings is 1. The molecule has 1 aromatic heterocycles. The summed E-state index contributed by atoms with van der Waals surface area (Å²) in [6.07, 6.45) is 2.39. The Morgan fingerprint density at radius 2 is 1.38 bits per heavy atom. The SMILES string of the molecule is CC(C)[Si](C(C)C)(C(C)C)n1ccc2ccc(N3CCN(C)CC3)cc21. The van der Waals surface area contributed by atoms with Gasteiger partial charge < -0.3 is 14.0 Å².